The van der Waals surface area contributed by atoms with E-state index in [1.54, 1.807) is 24.5 Å². The summed E-state index contributed by atoms with van der Waals surface area (Å²) in [6.45, 7) is 3.10. The quantitative estimate of drug-likeness (QED) is 0.667. The van der Waals surface area contributed by atoms with Crippen LogP contribution in [0.1, 0.15) is 19.4 Å². The predicted molar refractivity (Wildman–Crippen MR) is 96.6 cm³/mol. The number of carbonyl (C=O) groups is 2. The summed E-state index contributed by atoms with van der Waals surface area (Å²) >= 11 is 0. The van der Waals surface area contributed by atoms with Crippen molar-refractivity contribution in [3.63, 3.8) is 0 Å². The maximum atomic E-state index is 12.4. The van der Waals surface area contributed by atoms with E-state index in [4.69, 9.17) is 0 Å². The molecule has 0 aliphatic heterocycles. The number of hydrogen-bond acceptors (Lipinski definition) is 5. The second kappa shape index (κ2) is 8.54. The molecule has 0 spiro atoms. The number of rotatable bonds is 7. The van der Waals surface area contributed by atoms with Gasteiger partial charge in [0.2, 0.25) is 21.8 Å². The first kappa shape index (κ1) is 19.5. The van der Waals surface area contributed by atoms with E-state index in [1.807, 2.05) is 0 Å². The number of benzene rings is 1. The van der Waals surface area contributed by atoms with Crippen molar-refractivity contribution in [3.05, 3.63) is 54.4 Å². The highest BCUT2D eigenvalue weighted by atomic mass is 32.2. The lowest BCUT2D eigenvalue weighted by Crippen LogP contribution is -2.44. The fraction of sp³-hybridized carbons (Fsp3) is 0.235. The molecule has 8 nitrogen and oxygen atoms in total. The molecule has 138 valence electrons. The number of nitrogens with one attached hydrogen (secondary N) is 3. The Morgan fingerprint density at radius 3 is 2.27 bits per heavy atom. The van der Waals surface area contributed by atoms with Gasteiger partial charge in [-0.3, -0.25) is 14.6 Å². The monoisotopic (exact) mass is 376 g/mol. The normalized spacial score (nSPS) is 12.2. The van der Waals surface area contributed by atoms with Gasteiger partial charge in [-0.05, 0) is 48.9 Å². The third kappa shape index (κ3) is 5.64. The van der Waals surface area contributed by atoms with Crippen molar-refractivity contribution < 1.29 is 18.0 Å². The second-order valence-corrected chi connectivity index (χ2v) is 7.34. The molecule has 0 aliphatic rings. The van der Waals surface area contributed by atoms with Crippen LogP contribution in [0.2, 0.25) is 0 Å². The Kier molecular flexibility index (Phi) is 6.42. The van der Waals surface area contributed by atoms with Crippen molar-refractivity contribution >= 4 is 27.5 Å². The van der Waals surface area contributed by atoms with Gasteiger partial charge in [0, 0.05) is 31.5 Å². The van der Waals surface area contributed by atoms with E-state index in [2.05, 4.69) is 20.3 Å². The molecule has 2 rings (SSSR count). The molecule has 1 aromatic heterocycles. The minimum atomic E-state index is -3.87. The molecule has 0 saturated carbocycles. The van der Waals surface area contributed by atoms with Crippen molar-refractivity contribution in [2.24, 2.45) is 0 Å². The highest BCUT2D eigenvalue weighted by Crippen LogP contribution is 2.14. The summed E-state index contributed by atoms with van der Waals surface area (Å²) in [5.74, 6) is -0.696. The summed E-state index contributed by atoms with van der Waals surface area (Å²) in [4.78, 5) is 27.0. The van der Waals surface area contributed by atoms with Crippen LogP contribution < -0.4 is 15.4 Å². The molecule has 1 heterocycles. The van der Waals surface area contributed by atoms with Gasteiger partial charge in [0.05, 0.1) is 10.9 Å². The Morgan fingerprint density at radius 1 is 1.08 bits per heavy atom. The van der Waals surface area contributed by atoms with E-state index in [1.165, 1.54) is 38.1 Å². The highest BCUT2D eigenvalue weighted by Gasteiger charge is 2.21. The van der Waals surface area contributed by atoms with Crippen LogP contribution in [-0.4, -0.2) is 31.3 Å². The topological polar surface area (TPSA) is 117 Å². The van der Waals surface area contributed by atoms with Crippen molar-refractivity contribution in [1.82, 2.24) is 15.0 Å². The Bertz CT molecular complexity index is 867. The van der Waals surface area contributed by atoms with Crippen molar-refractivity contribution in [3.8, 4) is 0 Å². The zero-order valence-electron chi connectivity index (χ0n) is 14.4. The number of anilines is 1. The number of hydrogen-bond donors (Lipinski definition) is 3. The van der Waals surface area contributed by atoms with Crippen molar-refractivity contribution in [2.45, 2.75) is 31.3 Å². The molecule has 0 saturated heterocycles. The van der Waals surface area contributed by atoms with Gasteiger partial charge in [-0.15, -0.1) is 0 Å². The van der Waals surface area contributed by atoms with Crippen molar-refractivity contribution in [2.75, 3.05) is 5.32 Å². The predicted octanol–water partition coefficient (Wildman–Crippen LogP) is 1.02. The largest absolute Gasteiger partial charge is 0.351 e. The average molecular weight is 376 g/mol. The van der Waals surface area contributed by atoms with Gasteiger partial charge in [-0.2, -0.15) is 4.72 Å². The van der Waals surface area contributed by atoms with Crippen LogP contribution in [-0.2, 0) is 26.2 Å². The molecule has 0 radical (unpaired) electrons. The molecule has 3 N–H and O–H groups in total. The molecule has 2 aromatic rings. The average Bonchev–Trinajstić information content (AvgIpc) is 2.60. The van der Waals surface area contributed by atoms with E-state index < -0.39 is 22.0 Å². The molecule has 1 unspecified atom stereocenters. The fourth-order valence-corrected chi connectivity index (χ4v) is 3.32. The van der Waals surface area contributed by atoms with Gasteiger partial charge < -0.3 is 10.6 Å². The Labute approximate surface area is 152 Å². The molecule has 0 fully saturated rings. The number of amides is 2. The summed E-state index contributed by atoms with van der Waals surface area (Å²) in [6.07, 6.45) is 3.22. The number of carbonyl (C=O) groups excluding carboxylic acids is 2. The summed E-state index contributed by atoms with van der Waals surface area (Å²) < 4.78 is 27.1. The van der Waals surface area contributed by atoms with Crippen LogP contribution in [0.5, 0.6) is 0 Å². The maximum Gasteiger partial charge on any atom is 0.241 e. The molecular formula is C17H20N4O4S. The highest BCUT2D eigenvalue weighted by molar-refractivity contribution is 7.89. The standard InChI is InChI=1S/C17H20N4O4S/c1-12(17(23)19-11-14-7-9-18-10-8-14)21-26(24,25)16-5-3-15(4-6-16)20-13(2)22/h3-10,12,21H,11H2,1-2H3,(H,19,23)(H,20,22). The molecule has 0 bridgehead atoms. The first-order valence-corrected chi connectivity index (χ1v) is 9.33. The Hall–Kier alpha value is -2.78. The minimum Gasteiger partial charge on any atom is -0.351 e. The van der Waals surface area contributed by atoms with Gasteiger partial charge in [0.15, 0.2) is 0 Å². The smallest absolute Gasteiger partial charge is 0.241 e. The summed E-state index contributed by atoms with van der Waals surface area (Å²) in [5, 5.41) is 5.21. The van der Waals surface area contributed by atoms with E-state index in [0.29, 0.717) is 5.69 Å². The van der Waals surface area contributed by atoms with E-state index in [-0.39, 0.29) is 17.3 Å². The number of sulfonamides is 1. The summed E-state index contributed by atoms with van der Waals surface area (Å²) in [6, 6.07) is 8.23. The van der Waals surface area contributed by atoms with Crippen LogP contribution in [0, 0.1) is 0 Å². The van der Waals surface area contributed by atoms with E-state index >= 15 is 0 Å². The molecule has 2 amide bonds. The van der Waals surface area contributed by atoms with Crippen molar-refractivity contribution in [1.29, 1.82) is 0 Å². The molecular weight excluding hydrogens is 356 g/mol. The summed E-state index contributed by atoms with van der Waals surface area (Å²) in [7, 11) is -3.87. The molecule has 26 heavy (non-hydrogen) atoms. The van der Waals surface area contributed by atoms with Crippen LogP contribution >= 0.6 is 0 Å². The first-order valence-electron chi connectivity index (χ1n) is 7.84. The number of aromatic nitrogens is 1. The van der Waals surface area contributed by atoms with Gasteiger partial charge >= 0.3 is 0 Å². The van der Waals surface area contributed by atoms with Crippen LogP contribution in [0.25, 0.3) is 0 Å². The first-order chi connectivity index (χ1) is 12.3. The fourth-order valence-electron chi connectivity index (χ4n) is 2.12. The SMILES string of the molecule is CC(=O)Nc1ccc(S(=O)(=O)NC(C)C(=O)NCc2ccncc2)cc1. The lowest BCUT2D eigenvalue weighted by atomic mass is 10.2. The molecule has 0 aliphatic carbocycles. The minimum absolute atomic E-state index is 0.000357. The van der Waals surface area contributed by atoms with Gasteiger partial charge in [-0.1, -0.05) is 0 Å². The molecule has 9 heteroatoms. The Morgan fingerprint density at radius 2 is 1.69 bits per heavy atom. The Balaban J connectivity index is 1.96. The summed E-state index contributed by atoms with van der Waals surface area (Å²) in [5.41, 5.74) is 1.34. The number of nitrogens with zero attached hydrogens (tertiary/aromatic N) is 1. The van der Waals surface area contributed by atoms with E-state index in [9.17, 15) is 18.0 Å². The van der Waals surface area contributed by atoms with Gasteiger partial charge in [-0.25, -0.2) is 8.42 Å². The van der Waals surface area contributed by atoms with Crippen LogP contribution in [0.4, 0.5) is 5.69 Å². The number of pyridine rings is 1. The lowest BCUT2D eigenvalue weighted by Gasteiger charge is -2.15. The molecule has 1 aromatic carbocycles. The second-order valence-electron chi connectivity index (χ2n) is 5.62. The molecule has 1 atom stereocenters. The van der Waals surface area contributed by atoms with Gasteiger partial charge in [0.1, 0.15) is 0 Å². The van der Waals surface area contributed by atoms with Crippen LogP contribution in [0.3, 0.4) is 0 Å². The van der Waals surface area contributed by atoms with Crippen LogP contribution in [0.15, 0.2) is 53.7 Å². The lowest BCUT2D eigenvalue weighted by molar-refractivity contribution is -0.122. The van der Waals surface area contributed by atoms with Gasteiger partial charge in [0.25, 0.3) is 0 Å². The zero-order chi connectivity index (χ0) is 19.2. The third-order valence-electron chi connectivity index (χ3n) is 3.43. The maximum absolute atomic E-state index is 12.4. The van der Waals surface area contributed by atoms with E-state index in [0.717, 1.165) is 5.56 Å². The third-order valence-corrected chi connectivity index (χ3v) is 4.98. The zero-order valence-corrected chi connectivity index (χ0v) is 15.2.